The van der Waals surface area contributed by atoms with E-state index < -0.39 is 16.5 Å². The molecule has 0 aliphatic carbocycles. The first kappa shape index (κ1) is 14.3. The summed E-state index contributed by atoms with van der Waals surface area (Å²) >= 11 is 1.29. The smallest absolute Gasteiger partial charge is 0.428 e. The summed E-state index contributed by atoms with van der Waals surface area (Å²) in [6.07, 6.45) is -0.666. The van der Waals surface area contributed by atoms with E-state index in [0.29, 0.717) is 10.6 Å². The third kappa shape index (κ3) is 2.99. The molecule has 0 radical (unpaired) electrons. The predicted octanol–water partition coefficient (Wildman–Crippen LogP) is 3.92. The summed E-state index contributed by atoms with van der Waals surface area (Å²) in [5.41, 5.74) is 0.928. The summed E-state index contributed by atoms with van der Waals surface area (Å²) in [5.74, 6) is 0. The molecule has 1 atom stereocenters. The van der Waals surface area contributed by atoms with Gasteiger partial charge in [-0.2, -0.15) is 4.99 Å². The van der Waals surface area contributed by atoms with Crippen LogP contribution in [-0.2, 0) is 4.74 Å². The van der Waals surface area contributed by atoms with Gasteiger partial charge in [0.2, 0.25) is 0 Å². The Morgan fingerprint density at radius 3 is 2.41 bits per heavy atom. The second-order valence-corrected chi connectivity index (χ2v) is 5.52. The number of aliphatic imine (C=N–C) groups is 1. The highest BCUT2D eigenvalue weighted by atomic mass is 32.2. The largest absolute Gasteiger partial charge is 0.436 e. The number of rotatable bonds is 3. The molecule has 0 saturated heterocycles. The molecule has 1 aliphatic heterocycles. The monoisotopic (exact) mass is 314 g/mol. The molecule has 0 fully saturated rings. The lowest BCUT2D eigenvalue weighted by molar-refractivity contribution is -0.384. The van der Waals surface area contributed by atoms with Crippen molar-refractivity contribution in [3.63, 3.8) is 0 Å². The number of hydrogen-bond donors (Lipinski definition) is 0. The fourth-order valence-electron chi connectivity index (χ4n) is 1.96. The van der Waals surface area contributed by atoms with Crippen LogP contribution >= 0.6 is 11.8 Å². The van der Waals surface area contributed by atoms with Gasteiger partial charge < -0.3 is 4.74 Å². The maximum atomic E-state index is 11.7. The van der Waals surface area contributed by atoms with Gasteiger partial charge in [0.15, 0.2) is 5.44 Å². The first-order chi connectivity index (χ1) is 10.6. The van der Waals surface area contributed by atoms with Crippen LogP contribution in [0, 0.1) is 10.1 Å². The van der Waals surface area contributed by atoms with E-state index in [1.165, 1.54) is 23.9 Å². The van der Waals surface area contributed by atoms with Crippen molar-refractivity contribution >= 4 is 28.6 Å². The quantitative estimate of drug-likeness (QED) is 0.633. The third-order valence-corrected chi connectivity index (χ3v) is 4.15. The van der Waals surface area contributed by atoms with E-state index in [1.807, 2.05) is 30.3 Å². The minimum atomic E-state index is -0.666. The molecule has 2 aromatic rings. The number of ether oxygens (including phenoxy) is 1. The Balaban J connectivity index is 1.86. The molecule has 1 amide bonds. The van der Waals surface area contributed by atoms with Crippen molar-refractivity contribution in [2.45, 2.75) is 5.44 Å². The van der Waals surface area contributed by atoms with E-state index >= 15 is 0 Å². The molecule has 0 saturated carbocycles. The van der Waals surface area contributed by atoms with E-state index in [0.717, 1.165) is 5.56 Å². The van der Waals surface area contributed by atoms with Gasteiger partial charge in [0.1, 0.15) is 5.04 Å². The maximum absolute atomic E-state index is 11.7. The van der Waals surface area contributed by atoms with Gasteiger partial charge >= 0.3 is 6.09 Å². The van der Waals surface area contributed by atoms with Crippen LogP contribution in [-0.4, -0.2) is 16.1 Å². The average molecular weight is 314 g/mol. The number of hydrogen-bond acceptors (Lipinski definition) is 5. The number of non-ortho nitro benzene ring substituents is 1. The second-order valence-electron chi connectivity index (χ2n) is 4.47. The van der Waals surface area contributed by atoms with Crippen molar-refractivity contribution < 1.29 is 14.5 Å². The fourth-order valence-corrected chi connectivity index (χ4v) is 2.98. The zero-order valence-corrected chi connectivity index (χ0v) is 12.0. The van der Waals surface area contributed by atoms with Crippen molar-refractivity contribution in [2.24, 2.45) is 4.99 Å². The van der Waals surface area contributed by atoms with Gasteiger partial charge in [0.05, 0.1) is 4.92 Å². The Kier molecular flexibility index (Phi) is 3.88. The SMILES string of the molecule is O=C1N=C(c2ccccc2)SC(c2ccc([N+](=O)[O-])cc2)O1. The minimum Gasteiger partial charge on any atom is -0.428 e. The highest BCUT2D eigenvalue weighted by Gasteiger charge is 2.26. The van der Waals surface area contributed by atoms with E-state index in [9.17, 15) is 14.9 Å². The zero-order chi connectivity index (χ0) is 15.5. The van der Waals surface area contributed by atoms with Gasteiger partial charge in [0.25, 0.3) is 5.69 Å². The van der Waals surface area contributed by atoms with Gasteiger partial charge in [-0.1, -0.05) is 42.1 Å². The molecular formula is C15H10N2O4S. The summed E-state index contributed by atoms with van der Waals surface area (Å²) in [6, 6.07) is 15.3. The van der Waals surface area contributed by atoms with Crippen LogP contribution in [0.5, 0.6) is 0 Å². The first-order valence-electron chi connectivity index (χ1n) is 6.39. The normalized spacial score (nSPS) is 17.5. The molecule has 0 N–H and O–H groups in total. The van der Waals surface area contributed by atoms with Crippen LogP contribution < -0.4 is 0 Å². The molecule has 22 heavy (non-hydrogen) atoms. The number of carbonyl (C=O) groups excluding carboxylic acids is 1. The lowest BCUT2D eigenvalue weighted by Crippen LogP contribution is -2.16. The van der Waals surface area contributed by atoms with Gasteiger partial charge in [-0.15, -0.1) is 0 Å². The maximum Gasteiger partial charge on any atom is 0.436 e. The van der Waals surface area contributed by atoms with Crippen molar-refractivity contribution in [1.82, 2.24) is 0 Å². The van der Waals surface area contributed by atoms with Crippen molar-refractivity contribution in [2.75, 3.05) is 0 Å². The average Bonchev–Trinajstić information content (AvgIpc) is 2.55. The minimum absolute atomic E-state index is 0.00663. The Morgan fingerprint density at radius 2 is 1.77 bits per heavy atom. The number of nitro groups is 1. The molecule has 1 aliphatic rings. The highest BCUT2D eigenvalue weighted by Crippen LogP contribution is 2.37. The fraction of sp³-hybridized carbons (Fsp3) is 0.0667. The molecule has 0 aromatic heterocycles. The van der Waals surface area contributed by atoms with Crippen LogP contribution in [0.1, 0.15) is 16.6 Å². The van der Waals surface area contributed by atoms with Crippen LogP contribution in [0.15, 0.2) is 59.6 Å². The van der Waals surface area contributed by atoms with Crippen LogP contribution in [0.3, 0.4) is 0 Å². The third-order valence-electron chi connectivity index (χ3n) is 3.02. The molecule has 1 heterocycles. The lowest BCUT2D eigenvalue weighted by atomic mass is 10.2. The number of amides is 1. The lowest BCUT2D eigenvalue weighted by Gasteiger charge is -2.21. The van der Waals surface area contributed by atoms with E-state index in [2.05, 4.69) is 4.99 Å². The standard InChI is InChI=1S/C15H10N2O4S/c18-15-16-13(10-4-2-1-3-5-10)22-14(21-15)11-6-8-12(9-7-11)17(19)20/h1-9,14H. The molecule has 6 nitrogen and oxygen atoms in total. The number of benzene rings is 2. The topological polar surface area (TPSA) is 81.8 Å². The summed E-state index contributed by atoms with van der Waals surface area (Å²) in [4.78, 5) is 25.8. The Hall–Kier alpha value is -2.67. The molecule has 0 spiro atoms. The summed E-state index contributed by atoms with van der Waals surface area (Å²) in [5, 5.41) is 11.2. The molecule has 1 unspecified atom stereocenters. The van der Waals surface area contributed by atoms with Crippen LogP contribution in [0.4, 0.5) is 10.5 Å². The molecular weight excluding hydrogens is 304 g/mol. The van der Waals surface area contributed by atoms with Crippen molar-refractivity contribution in [3.05, 3.63) is 75.8 Å². The Bertz CT molecular complexity index is 744. The number of nitro benzene ring substituents is 1. The van der Waals surface area contributed by atoms with Gasteiger partial charge in [-0.25, -0.2) is 4.79 Å². The zero-order valence-electron chi connectivity index (χ0n) is 11.2. The van der Waals surface area contributed by atoms with Gasteiger partial charge in [-0.05, 0) is 12.1 Å². The van der Waals surface area contributed by atoms with Crippen LogP contribution in [0.25, 0.3) is 0 Å². The highest BCUT2D eigenvalue weighted by molar-refractivity contribution is 8.14. The molecule has 0 bridgehead atoms. The van der Waals surface area contributed by atoms with E-state index in [1.54, 1.807) is 12.1 Å². The van der Waals surface area contributed by atoms with Gasteiger partial charge in [-0.3, -0.25) is 10.1 Å². The summed E-state index contributed by atoms with van der Waals surface area (Å²) in [7, 11) is 0. The molecule has 3 rings (SSSR count). The van der Waals surface area contributed by atoms with Crippen molar-refractivity contribution in [3.8, 4) is 0 Å². The number of carbonyl (C=O) groups is 1. The predicted molar refractivity (Wildman–Crippen MR) is 82.9 cm³/mol. The summed E-state index contributed by atoms with van der Waals surface area (Å²) in [6.45, 7) is 0. The Morgan fingerprint density at radius 1 is 1.09 bits per heavy atom. The van der Waals surface area contributed by atoms with E-state index in [-0.39, 0.29) is 5.69 Å². The second kappa shape index (κ2) is 5.98. The Labute approximate surface area is 130 Å². The number of nitrogens with zero attached hydrogens (tertiary/aromatic N) is 2. The molecule has 7 heteroatoms. The number of cyclic esters (lactones) is 1. The summed E-state index contributed by atoms with van der Waals surface area (Å²) < 4.78 is 5.19. The first-order valence-corrected chi connectivity index (χ1v) is 7.27. The van der Waals surface area contributed by atoms with E-state index in [4.69, 9.17) is 4.74 Å². The molecule has 2 aromatic carbocycles. The number of thioether (sulfide) groups is 1. The van der Waals surface area contributed by atoms with Gasteiger partial charge in [0, 0.05) is 23.3 Å². The van der Waals surface area contributed by atoms with Crippen LogP contribution in [0.2, 0.25) is 0 Å². The molecule has 110 valence electrons. The van der Waals surface area contributed by atoms with Crippen molar-refractivity contribution in [1.29, 1.82) is 0 Å².